The van der Waals surface area contributed by atoms with Gasteiger partial charge >= 0.3 is 5.97 Å². The average Bonchev–Trinajstić information content (AvgIpc) is 1.85. The molecule has 3 heteroatoms. The van der Waals surface area contributed by atoms with Gasteiger partial charge in [-0.25, -0.2) is 4.79 Å². The normalized spacial score (nSPS) is 10.8. The largest absolute Gasteiger partial charge is 0.462 e. The number of carbonyl (C=O) groups excluding carboxylic acids is 1. The fourth-order valence-corrected chi connectivity index (χ4v) is 0.615. The quantitative estimate of drug-likeness (QED) is 0.413. The van der Waals surface area contributed by atoms with Gasteiger partial charge in [-0.2, -0.15) is 0 Å². The van der Waals surface area contributed by atoms with Crippen molar-refractivity contribution in [1.82, 2.24) is 0 Å². The number of ether oxygens (including phenoxy) is 1. The number of hydrogen-bond acceptors (Lipinski definition) is 2. The summed E-state index contributed by atoms with van der Waals surface area (Å²) in [4.78, 5) is 10.5. The summed E-state index contributed by atoms with van der Waals surface area (Å²) in [6.07, 6.45) is 1.97. The van der Waals surface area contributed by atoms with Gasteiger partial charge in [-0.3, -0.25) is 0 Å². The molecule has 0 aliphatic heterocycles. The number of rotatable bonds is 4. The summed E-state index contributed by atoms with van der Waals surface area (Å²) < 4.78 is 4.82. The molecule has 0 bridgehead atoms. The Balaban J connectivity index is 3.42. The van der Waals surface area contributed by atoms with E-state index in [0.29, 0.717) is 6.61 Å². The van der Waals surface area contributed by atoms with E-state index < -0.39 is 0 Å². The topological polar surface area (TPSA) is 26.3 Å². The van der Waals surface area contributed by atoms with Crippen molar-refractivity contribution in [3.63, 3.8) is 0 Å². The highest BCUT2D eigenvalue weighted by atomic mass is 79.9. The van der Waals surface area contributed by atoms with Crippen LogP contribution in [0.3, 0.4) is 0 Å². The molecule has 0 aromatic carbocycles. The first-order valence-corrected chi connectivity index (χ1v) is 4.23. The zero-order valence-electron chi connectivity index (χ0n) is 6.89. The minimum Gasteiger partial charge on any atom is -0.462 e. The van der Waals surface area contributed by atoms with Crippen LogP contribution in [-0.4, -0.2) is 16.9 Å². The zero-order valence-corrected chi connectivity index (χ0v) is 8.48. The second-order valence-electron chi connectivity index (χ2n) is 2.84. The number of alkyl halides is 1. The Kier molecular flexibility index (Phi) is 4.42. The SMILES string of the molecule is C=CC(=O)OCCC(C)(C)Br. The highest BCUT2D eigenvalue weighted by Crippen LogP contribution is 2.19. The van der Waals surface area contributed by atoms with Crippen LogP contribution in [0, 0.1) is 0 Å². The third-order valence-corrected chi connectivity index (χ3v) is 1.50. The van der Waals surface area contributed by atoms with Crippen molar-refractivity contribution in [3.05, 3.63) is 12.7 Å². The lowest BCUT2D eigenvalue weighted by Crippen LogP contribution is -2.14. The van der Waals surface area contributed by atoms with Crippen LogP contribution < -0.4 is 0 Å². The molecule has 0 spiro atoms. The molecule has 0 aromatic rings. The van der Waals surface area contributed by atoms with Gasteiger partial charge in [-0.15, -0.1) is 0 Å². The Morgan fingerprint density at radius 2 is 2.27 bits per heavy atom. The summed E-state index contributed by atoms with van der Waals surface area (Å²) in [7, 11) is 0. The fraction of sp³-hybridized carbons (Fsp3) is 0.625. The van der Waals surface area contributed by atoms with Gasteiger partial charge in [-0.1, -0.05) is 22.5 Å². The first-order chi connectivity index (χ1) is 4.95. The van der Waals surface area contributed by atoms with Crippen LogP contribution in [0.5, 0.6) is 0 Å². The highest BCUT2D eigenvalue weighted by Gasteiger charge is 2.12. The van der Waals surface area contributed by atoms with E-state index in [4.69, 9.17) is 4.74 Å². The Hall–Kier alpha value is -0.310. The summed E-state index contributed by atoms with van der Waals surface area (Å²) in [5.74, 6) is -0.359. The van der Waals surface area contributed by atoms with Crippen LogP contribution >= 0.6 is 15.9 Å². The molecule has 0 saturated carbocycles. The van der Waals surface area contributed by atoms with E-state index in [2.05, 4.69) is 22.5 Å². The van der Waals surface area contributed by atoms with E-state index in [9.17, 15) is 4.79 Å². The van der Waals surface area contributed by atoms with E-state index in [1.54, 1.807) is 0 Å². The maximum absolute atomic E-state index is 10.5. The van der Waals surface area contributed by atoms with Gasteiger partial charge in [0.15, 0.2) is 0 Å². The summed E-state index contributed by atoms with van der Waals surface area (Å²) in [5.41, 5.74) is 0. The minimum atomic E-state index is -0.359. The predicted octanol–water partition coefficient (Wildman–Crippen LogP) is 2.28. The van der Waals surface area contributed by atoms with Crippen LogP contribution in [0.25, 0.3) is 0 Å². The number of halogens is 1. The van der Waals surface area contributed by atoms with Gasteiger partial charge < -0.3 is 4.74 Å². The number of esters is 1. The summed E-state index contributed by atoms with van der Waals surface area (Å²) in [6.45, 7) is 7.77. The molecule has 0 aliphatic carbocycles. The van der Waals surface area contributed by atoms with Gasteiger partial charge in [0, 0.05) is 10.4 Å². The van der Waals surface area contributed by atoms with Gasteiger partial charge in [0.25, 0.3) is 0 Å². The molecular formula is C8H13BrO2. The summed E-state index contributed by atoms with van der Waals surface area (Å²) in [6, 6.07) is 0. The maximum Gasteiger partial charge on any atom is 0.330 e. The molecule has 0 radical (unpaired) electrons. The molecule has 0 fully saturated rings. The molecule has 0 unspecified atom stereocenters. The van der Waals surface area contributed by atoms with Gasteiger partial charge in [0.05, 0.1) is 6.61 Å². The second kappa shape index (κ2) is 4.54. The van der Waals surface area contributed by atoms with Crippen molar-refractivity contribution in [3.8, 4) is 0 Å². The molecule has 11 heavy (non-hydrogen) atoms. The molecule has 2 nitrogen and oxygen atoms in total. The standard InChI is InChI=1S/C8H13BrO2/c1-4-7(10)11-6-5-8(2,3)9/h4H,1,5-6H2,2-3H3. The van der Waals surface area contributed by atoms with E-state index in [1.165, 1.54) is 6.08 Å². The van der Waals surface area contributed by atoms with Gasteiger partial charge in [0.1, 0.15) is 0 Å². The van der Waals surface area contributed by atoms with Crippen LogP contribution in [-0.2, 0) is 9.53 Å². The minimum absolute atomic E-state index is 0.0362. The maximum atomic E-state index is 10.5. The van der Waals surface area contributed by atoms with Crippen molar-refractivity contribution >= 4 is 21.9 Å². The lowest BCUT2D eigenvalue weighted by atomic mass is 10.1. The molecular weight excluding hydrogens is 208 g/mol. The van der Waals surface area contributed by atoms with E-state index >= 15 is 0 Å². The van der Waals surface area contributed by atoms with Crippen molar-refractivity contribution < 1.29 is 9.53 Å². The predicted molar refractivity (Wildman–Crippen MR) is 48.8 cm³/mol. The second-order valence-corrected chi connectivity index (χ2v) is 4.99. The number of carbonyl (C=O) groups is 1. The van der Waals surface area contributed by atoms with Crippen LogP contribution in [0.1, 0.15) is 20.3 Å². The molecule has 0 aromatic heterocycles. The summed E-state index contributed by atoms with van der Waals surface area (Å²) >= 11 is 3.43. The average molecular weight is 221 g/mol. The molecule has 0 heterocycles. The van der Waals surface area contributed by atoms with Crippen molar-refractivity contribution in [2.24, 2.45) is 0 Å². The van der Waals surface area contributed by atoms with Crippen molar-refractivity contribution in [1.29, 1.82) is 0 Å². The van der Waals surface area contributed by atoms with Crippen LogP contribution in [0.2, 0.25) is 0 Å². The monoisotopic (exact) mass is 220 g/mol. The Labute approximate surface area is 75.7 Å². The zero-order chi connectivity index (χ0) is 8.91. The first-order valence-electron chi connectivity index (χ1n) is 3.44. The molecule has 0 saturated heterocycles. The smallest absolute Gasteiger partial charge is 0.330 e. The van der Waals surface area contributed by atoms with Gasteiger partial charge in [0.2, 0.25) is 0 Å². The Bertz CT molecular complexity index is 147. The van der Waals surface area contributed by atoms with Crippen molar-refractivity contribution in [2.75, 3.05) is 6.61 Å². The lowest BCUT2D eigenvalue weighted by molar-refractivity contribution is -0.137. The Morgan fingerprint density at radius 1 is 1.73 bits per heavy atom. The lowest BCUT2D eigenvalue weighted by Gasteiger charge is -2.14. The third-order valence-electron chi connectivity index (χ3n) is 1.11. The molecule has 0 atom stereocenters. The van der Waals surface area contributed by atoms with Gasteiger partial charge in [-0.05, 0) is 20.3 Å². The summed E-state index contributed by atoms with van der Waals surface area (Å²) in [5, 5.41) is 0. The fourth-order valence-electron chi connectivity index (χ4n) is 0.453. The third kappa shape index (κ3) is 7.59. The van der Waals surface area contributed by atoms with Crippen molar-refractivity contribution in [2.45, 2.75) is 24.6 Å². The van der Waals surface area contributed by atoms with E-state index in [0.717, 1.165) is 6.42 Å². The first kappa shape index (κ1) is 10.7. The molecule has 0 amide bonds. The molecule has 0 aliphatic rings. The van der Waals surface area contributed by atoms with E-state index in [1.807, 2.05) is 13.8 Å². The van der Waals surface area contributed by atoms with E-state index in [-0.39, 0.29) is 10.3 Å². The highest BCUT2D eigenvalue weighted by molar-refractivity contribution is 9.10. The molecule has 0 N–H and O–H groups in total. The Morgan fingerprint density at radius 3 is 2.64 bits per heavy atom. The molecule has 64 valence electrons. The number of hydrogen-bond donors (Lipinski definition) is 0. The van der Waals surface area contributed by atoms with Crippen LogP contribution in [0.15, 0.2) is 12.7 Å². The molecule has 0 rings (SSSR count). The van der Waals surface area contributed by atoms with Crippen LogP contribution in [0.4, 0.5) is 0 Å².